The van der Waals surface area contributed by atoms with Gasteiger partial charge in [-0.1, -0.05) is 22.5 Å². The van der Waals surface area contributed by atoms with Gasteiger partial charge < -0.3 is 9.47 Å². The summed E-state index contributed by atoms with van der Waals surface area (Å²) in [5.74, 6) is 1.24. The Morgan fingerprint density at radius 3 is 3.06 bits per heavy atom. The molecule has 90 valence electrons. The molecule has 1 aromatic carbocycles. The number of benzene rings is 1. The highest BCUT2D eigenvalue weighted by molar-refractivity contribution is 9.10. The molecule has 0 unspecified atom stereocenters. The number of fused-ring (bicyclic) bond motifs is 2. The van der Waals surface area contributed by atoms with Crippen LogP contribution >= 0.6 is 15.9 Å². The molecule has 2 nitrogen and oxygen atoms in total. The van der Waals surface area contributed by atoms with Gasteiger partial charge in [0, 0.05) is 22.4 Å². The van der Waals surface area contributed by atoms with Gasteiger partial charge in [-0.05, 0) is 30.7 Å². The van der Waals surface area contributed by atoms with Gasteiger partial charge in [0.05, 0.1) is 12.7 Å². The van der Waals surface area contributed by atoms with Gasteiger partial charge in [-0.3, -0.25) is 0 Å². The molecule has 17 heavy (non-hydrogen) atoms. The van der Waals surface area contributed by atoms with Crippen LogP contribution in [0, 0.1) is 5.92 Å². The van der Waals surface area contributed by atoms with Gasteiger partial charge in [0.15, 0.2) is 0 Å². The van der Waals surface area contributed by atoms with E-state index in [0.29, 0.717) is 0 Å². The molecule has 0 saturated carbocycles. The molecule has 0 bridgehead atoms. The van der Waals surface area contributed by atoms with E-state index in [1.807, 2.05) is 12.1 Å². The van der Waals surface area contributed by atoms with Crippen molar-refractivity contribution in [2.45, 2.75) is 25.6 Å². The van der Waals surface area contributed by atoms with E-state index in [2.05, 4.69) is 35.5 Å². The zero-order valence-electron chi connectivity index (χ0n) is 9.78. The maximum absolute atomic E-state index is 6.07. The summed E-state index contributed by atoms with van der Waals surface area (Å²) in [5.41, 5.74) is 2.25. The normalized spacial score (nSPS) is 31.4. The van der Waals surface area contributed by atoms with Crippen LogP contribution in [0.25, 0.3) is 5.57 Å². The number of hydrogen-bond acceptors (Lipinski definition) is 2. The van der Waals surface area contributed by atoms with E-state index in [-0.39, 0.29) is 18.1 Å². The van der Waals surface area contributed by atoms with Crippen LogP contribution in [0.4, 0.5) is 0 Å². The molecule has 1 aromatic rings. The van der Waals surface area contributed by atoms with Crippen LogP contribution < -0.4 is 4.74 Å². The van der Waals surface area contributed by atoms with Crippen LogP contribution in [0.1, 0.15) is 18.9 Å². The third kappa shape index (κ3) is 1.81. The molecule has 0 aromatic heterocycles. The minimum Gasteiger partial charge on any atom is -0.489 e. The lowest BCUT2D eigenvalue weighted by Crippen LogP contribution is -2.44. The number of ether oxygens (including phenoxy) is 2. The Morgan fingerprint density at radius 2 is 2.24 bits per heavy atom. The molecule has 0 amide bonds. The fraction of sp³-hybridized carbons (Fsp3) is 0.429. The van der Waals surface area contributed by atoms with E-state index in [1.54, 1.807) is 0 Å². The number of rotatable bonds is 0. The first kappa shape index (κ1) is 11.3. The predicted molar refractivity (Wildman–Crippen MR) is 71.1 cm³/mol. The Bertz CT molecular complexity index is 469. The van der Waals surface area contributed by atoms with Crippen molar-refractivity contribution in [3.05, 3.63) is 34.8 Å². The highest BCUT2D eigenvalue weighted by Gasteiger charge is 2.39. The maximum atomic E-state index is 6.07. The Labute approximate surface area is 110 Å². The Balaban J connectivity index is 2.04. The molecule has 0 N–H and O–H groups in total. The van der Waals surface area contributed by atoms with Crippen LogP contribution in [-0.4, -0.2) is 18.8 Å². The third-order valence-corrected chi connectivity index (χ3v) is 4.15. The summed E-state index contributed by atoms with van der Waals surface area (Å²) in [6.45, 7) is 7.14. The molecular weight excluding hydrogens is 280 g/mol. The van der Waals surface area contributed by atoms with Gasteiger partial charge >= 0.3 is 0 Å². The first-order valence-corrected chi connectivity index (χ1v) is 6.73. The second-order valence-electron chi connectivity index (χ2n) is 4.71. The van der Waals surface area contributed by atoms with Crippen LogP contribution in [-0.2, 0) is 4.74 Å². The zero-order chi connectivity index (χ0) is 12.0. The topological polar surface area (TPSA) is 18.5 Å². The number of halogens is 1. The second kappa shape index (κ2) is 4.14. The van der Waals surface area contributed by atoms with Crippen molar-refractivity contribution >= 4 is 21.5 Å². The molecule has 0 spiro atoms. The summed E-state index contributed by atoms with van der Waals surface area (Å²) in [7, 11) is 0. The summed E-state index contributed by atoms with van der Waals surface area (Å²) in [6, 6.07) is 6.10. The Kier molecular flexibility index (Phi) is 2.75. The molecule has 1 saturated heterocycles. The van der Waals surface area contributed by atoms with Crippen LogP contribution in [0.15, 0.2) is 29.3 Å². The van der Waals surface area contributed by atoms with Gasteiger partial charge in [0.1, 0.15) is 11.9 Å². The molecule has 2 heterocycles. The average Bonchev–Trinajstić information content (AvgIpc) is 2.30. The minimum absolute atomic E-state index is 0.188. The molecular formula is C14H15BrO2. The smallest absolute Gasteiger partial charge is 0.127 e. The van der Waals surface area contributed by atoms with E-state index >= 15 is 0 Å². The fourth-order valence-electron chi connectivity index (χ4n) is 2.79. The monoisotopic (exact) mass is 294 g/mol. The van der Waals surface area contributed by atoms with Crippen LogP contribution in [0.5, 0.6) is 5.75 Å². The largest absolute Gasteiger partial charge is 0.489 e. The van der Waals surface area contributed by atoms with Crippen LogP contribution in [0.3, 0.4) is 0 Å². The van der Waals surface area contributed by atoms with Crippen molar-refractivity contribution in [3.8, 4) is 5.75 Å². The van der Waals surface area contributed by atoms with E-state index in [4.69, 9.17) is 9.47 Å². The van der Waals surface area contributed by atoms with Crippen molar-refractivity contribution in [1.29, 1.82) is 0 Å². The SMILES string of the molecule is C=C1c2cc(Br)ccc2O[C@H]2CCO[C@@H](C)[C@H]12. The molecule has 1 fully saturated rings. The molecule has 2 aliphatic heterocycles. The average molecular weight is 295 g/mol. The summed E-state index contributed by atoms with van der Waals surface area (Å²) in [5, 5.41) is 0. The van der Waals surface area contributed by atoms with Gasteiger partial charge in [-0.25, -0.2) is 0 Å². The lowest BCUT2D eigenvalue weighted by molar-refractivity contribution is -0.0569. The maximum Gasteiger partial charge on any atom is 0.127 e. The van der Waals surface area contributed by atoms with E-state index in [9.17, 15) is 0 Å². The van der Waals surface area contributed by atoms with Crippen molar-refractivity contribution in [1.82, 2.24) is 0 Å². The van der Waals surface area contributed by atoms with Crippen LogP contribution in [0.2, 0.25) is 0 Å². The molecule has 3 rings (SSSR count). The first-order chi connectivity index (χ1) is 8.16. The summed E-state index contributed by atoms with van der Waals surface area (Å²) in [6.07, 6.45) is 1.36. The van der Waals surface area contributed by atoms with Crippen molar-refractivity contribution < 1.29 is 9.47 Å². The van der Waals surface area contributed by atoms with Gasteiger partial charge in [-0.2, -0.15) is 0 Å². The highest BCUT2D eigenvalue weighted by Crippen LogP contribution is 2.44. The fourth-order valence-corrected chi connectivity index (χ4v) is 3.16. The quantitative estimate of drug-likeness (QED) is 0.727. The lowest BCUT2D eigenvalue weighted by atomic mass is 9.80. The zero-order valence-corrected chi connectivity index (χ0v) is 11.4. The third-order valence-electron chi connectivity index (χ3n) is 3.66. The van der Waals surface area contributed by atoms with Crippen molar-refractivity contribution in [2.24, 2.45) is 5.92 Å². The predicted octanol–water partition coefficient (Wildman–Crippen LogP) is 3.65. The van der Waals surface area contributed by atoms with Gasteiger partial charge in [0.25, 0.3) is 0 Å². The van der Waals surface area contributed by atoms with E-state index in [0.717, 1.165) is 34.4 Å². The summed E-state index contributed by atoms with van der Waals surface area (Å²) >= 11 is 3.49. The Hall–Kier alpha value is -0.800. The minimum atomic E-state index is 0.188. The summed E-state index contributed by atoms with van der Waals surface area (Å²) in [4.78, 5) is 0. The molecule has 3 heteroatoms. The van der Waals surface area contributed by atoms with E-state index in [1.165, 1.54) is 0 Å². The lowest BCUT2D eigenvalue weighted by Gasteiger charge is -2.41. The Morgan fingerprint density at radius 1 is 1.41 bits per heavy atom. The van der Waals surface area contributed by atoms with E-state index < -0.39 is 0 Å². The second-order valence-corrected chi connectivity index (χ2v) is 5.63. The van der Waals surface area contributed by atoms with Gasteiger partial charge in [-0.15, -0.1) is 0 Å². The van der Waals surface area contributed by atoms with Crippen molar-refractivity contribution in [3.63, 3.8) is 0 Å². The molecule has 0 radical (unpaired) electrons. The first-order valence-electron chi connectivity index (χ1n) is 5.94. The molecule has 0 aliphatic carbocycles. The van der Waals surface area contributed by atoms with Crippen molar-refractivity contribution in [2.75, 3.05) is 6.61 Å². The molecule has 2 aliphatic rings. The highest BCUT2D eigenvalue weighted by atomic mass is 79.9. The molecule has 3 atom stereocenters. The summed E-state index contributed by atoms with van der Waals surface area (Å²) < 4.78 is 12.8. The number of hydrogen-bond donors (Lipinski definition) is 0. The van der Waals surface area contributed by atoms with Gasteiger partial charge in [0.2, 0.25) is 0 Å². The standard InChI is InChI=1S/C14H15BrO2/c1-8-11-7-10(15)3-4-12(11)17-13-5-6-16-9(2)14(8)13/h3-4,7,9,13-14H,1,5-6H2,2H3/t9-,13-,14-/m0/s1.